The van der Waals surface area contributed by atoms with Crippen molar-refractivity contribution in [1.82, 2.24) is 19.5 Å². The van der Waals surface area contributed by atoms with E-state index in [0.717, 1.165) is 78.1 Å². The Bertz CT molecular complexity index is 2930. The molecule has 6 aromatic carbocycles. The van der Waals surface area contributed by atoms with Crippen molar-refractivity contribution in [3.05, 3.63) is 187 Å². The molecular weight excluding hydrogens is 733 g/mol. The lowest BCUT2D eigenvalue weighted by molar-refractivity contribution is 0.446. The Balaban J connectivity index is 1.36. The number of phenols is 1. The van der Waals surface area contributed by atoms with Crippen molar-refractivity contribution in [2.24, 2.45) is 0 Å². The summed E-state index contributed by atoms with van der Waals surface area (Å²) >= 11 is 0. The van der Waals surface area contributed by atoms with Gasteiger partial charge in [-0.3, -0.25) is 9.55 Å². The maximum absolute atomic E-state index is 12.5. The van der Waals surface area contributed by atoms with E-state index in [1.165, 1.54) is 0 Å². The number of aromatic nitrogens is 4. The average molecular weight is 781 g/mol. The highest BCUT2D eigenvalue weighted by molar-refractivity contribution is 5.97. The van der Waals surface area contributed by atoms with Gasteiger partial charge in [0.15, 0.2) is 11.5 Å². The molecule has 294 valence electrons. The zero-order chi connectivity index (χ0) is 41.6. The first-order valence-electron chi connectivity index (χ1n) is 20.6. The van der Waals surface area contributed by atoms with Gasteiger partial charge in [-0.1, -0.05) is 175 Å². The standard InChI is InChI=1S/C55H48N4O/c1-54(2,3)42-34-46(51(60)47(35-42)55(4,5)6)52-58-49-43(40-24-16-25-41(32-40)48-33-39(28-30-56-48)36-18-10-7-11-19-36)29-31-57-53(49)59(52)50-44(37-20-12-8-13-21-37)26-17-27-45(50)38-22-14-9-15-23-38/h7-35,60H,1-6H3. The van der Waals surface area contributed by atoms with Gasteiger partial charge in [0.25, 0.3) is 0 Å². The van der Waals surface area contributed by atoms with Gasteiger partial charge in [0.2, 0.25) is 0 Å². The van der Waals surface area contributed by atoms with Crippen LogP contribution in [0.1, 0.15) is 52.7 Å². The summed E-state index contributed by atoms with van der Waals surface area (Å²) in [6.45, 7) is 13.1. The van der Waals surface area contributed by atoms with Crippen LogP contribution >= 0.6 is 0 Å². The number of para-hydroxylation sites is 1. The molecule has 0 fully saturated rings. The summed E-state index contributed by atoms with van der Waals surface area (Å²) < 4.78 is 2.19. The molecule has 9 rings (SSSR count). The molecule has 0 aliphatic rings. The molecular formula is C55H48N4O. The molecule has 0 saturated carbocycles. The molecule has 5 heteroatoms. The van der Waals surface area contributed by atoms with E-state index in [4.69, 9.17) is 15.0 Å². The highest BCUT2D eigenvalue weighted by Crippen LogP contribution is 2.46. The number of pyridine rings is 2. The molecule has 0 spiro atoms. The minimum Gasteiger partial charge on any atom is -0.507 e. The van der Waals surface area contributed by atoms with Gasteiger partial charge < -0.3 is 5.11 Å². The second-order valence-electron chi connectivity index (χ2n) is 17.5. The van der Waals surface area contributed by atoms with Crippen LogP contribution in [0.3, 0.4) is 0 Å². The van der Waals surface area contributed by atoms with Gasteiger partial charge >= 0.3 is 0 Å². The summed E-state index contributed by atoms with van der Waals surface area (Å²) in [5, 5.41) is 12.5. The number of nitrogens with zero attached hydrogens (tertiary/aromatic N) is 4. The lowest BCUT2D eigenvalue weighted by atomic mass is 9.79. The van der Waals surface area contributed by atoms with Gasteiger partial charge in [-0.05, 0) is 74.5 Å². The lowest BCUT2D eigenvalue weighted by Crippen LogP contribution is -2.17. The predicted octanol–water partition coefficient (Wildman–Crippen LogP) is 14.1. The zero-order valence-corrected chi connectivity index (χ0v) is 35.0. The van der Waals surface area contributed by atoms with Crippen LogP contribution in [-0.4, -0.2) is 24.6 Å². The summed E-state index contributed by atoms with van der Waals surface area (Å²) in [6.07, 6.45) is 3.75. The number of hydrogen-bond donors (Lipinski definition) is 1. The third-order valence-electron chi connectivity index (χ3n) is 11.3. The first-order chi connectivity index (χ1) is 29.0. The number of hydrogen-bond acceptors (Lipinski definition) is 4. The van der Waals surface area contributed by atoms with Gasteiger partial charge in [0, 0.05) is 40.2 Å². The van der Waals surface area contributed by atoms with E-state index in [1.54, 1.807) is 0 Å². The number of benzene rings is 6. The Labute approximate surface area is 352 Å². The number of rotatable bonds is 7. The molecule has 60 heavy (non-hydrogen) atoms. The second-order valence-corrected chi connectivity index (χ2v) is 17.5. The van der Waals surface area contributed by atoms with E-state index in [9.17, 15) is 5.11 Å². The van der Waals surface area contributed by atoms with Crippen molar-refractivity contribution in [3.63, 3.8) is 0 Å². The lowest BCUT2D eigenvalue weighted by Gasteiger charge is -2.28. The third-order valence-corrected chi connectivity index (χ3v) is 11.3. The molecule has 0 aliphatic carbocycles. The molecule has 5 nitrogen and oxygen atoms in total. The smallest absolute Gasteiger partial charge is 0.165 e. The molecule has 0 atom stereocenters. The highest BCUT2D eigenvalue weighted by Gasteiger charge is 2.30. The van der Waals surface area contributed by atoms with Crippen LogP contribution < -0.4 is 0 Å². The van der Waals surface area contributed by atoms with E-state index in [-0.39, 0.29) is 16.6 Å². The fraction of sp³-hybridized carbons (Fsp3) is 0.145. The second kappa shape index (κ2) is 15.2. The van der Waals surface area contributed by atoms with Crippen LogP contribution in [0.2, 0.25) is 0 Å². The SMILES string of the molecule is CC(C)(C)c1cc(-c2nc3c(-c4cccc(-c5cc(-c6ccccc6)ccn5)c4)ccnc3n2-c2c(-c3ccccc3)cccc2-c2ccccc2)c(O)c(C(C)(C)C)c1. The van der Waals surface area contributed by atoms with Gasteiger partial charge in [0.1, 0.15) is 11.3 Å². The van der Waals surface area contributed by atoms with Crippen molar-refractivity contribution in [2.75, 3.05) is 0 Å². The molecule has 0 amide bonds. The quantitative estimate of drug-likeness (QED) is 0.175. The Kier molecular flexibility index (Phi) is 9.76. The number of phenolic OH excluding ortho intramolecular Hbond substituents is 1. The Hall–Kier alpha value is -7.11. The van der Waals surface area contributed by atoms with Gasteiger partial charge in [-0.25, -0.2) is 9.97 Å². The molecule has 0 bridgehead atoms. The van der Waals surface area contributed by atoms with Crippen LogP contribution in [0.15, 0.2) is 176 Å². The summed E-state index contributed by atoms with van der Waals surface area (Å²) in [5.74, 6) is 0.839. The number of fused-ring (bicyclic) bond motifs is 1. The summed E-state index contributed by atoms with van der Waals surface area (Å²) in [6, 6.07) is 56.8. The third kappa shape index (κ3) is 7.17. The van der Waals surface area contributed by atoms with Crippen molar-refractivity contribution >= 4 is 11.2 Å². The molecule has 9 aromatic rings. The van der Waals surface area contributed by atoms with E-state index in [2.05, 4.69) is 186 Å². The highest BCUT2D eigenvalue weighted by atomic mass is 16.3. The molecule has 0 aliphatic heterocycles. The topological polar surface area (TPSA) is 63.8 Å². The van der Waals surface area contributed by atoms with E-state index < -0.39 is 0 Å². The fourth-order valence-electron chi connectivity index (χ4n) is 8.14. The minimum absolute atomic E-state index is 0.202. The largest absolute Gasteiger partial charge is 0.507 e. The van der Waals surface area contributed by atoms with Crippen LogP contribution in [-0.2, 0) is 10.8 Å². The summed E-state index contributed by atoms with van der Waals surface area (Å²) in [4.78, 5) is 15.6. The van der Waals surface area contributed by atoms with Crippen LogP contribution in [0, 0.1) is 0 Å². The number of imidazole rings is 1. The molecule has 3 aromatic heterocycles. The van der Waals surface area contributed by atoms with Crippen molar-refractivity contribution in [3.8, 4) is 78.6 Å². The zero-order valence-electron chi connectivity index (χ0n) is 35.0. The van der Waals surface area contributed by atoms with Crippen molar-refractivity contribution < 1.29 is 5.11 Å². The first kappa shape index (κ1) is 38.4. The van der Waals surface area contributed by atoms with Crippen LogP contribution in [0.4, 0.5) is 0 Å². The predicted molar refractivity (Wildman–Crippen MR) is 248 cm³/mol. The maximum Gasteiger partial charge on any atom is 0.165 e. The van der Waals surface area contributed by atoms with Crippen molar-refractivity contribution in [2.45, 2.75) is 52.4 Å². The Morgan fingerprint density at radius 1 is 0.450 bits per heavy atom. The normalized spacial score (nSPS) is 11.9. The molecule has 1 N–H and O–H groups in total. The van der Waals surface area contributed by atoms with E-state index in [0.29, 0.717) is 17.0 Å². The van der Waals surface area contributed by atoms with Crippen molar-refractivity contribution in [1.29, 1.82) is 0 Å². The molecule has 3 heterocycles. The number of aromatic hydroxyl groups is 1. The fourth-order valence-corrected chi connectivity index (χ4v) is 8.14. The van der Waals surface area contributed by atoms with Gasteiger partial charge in [-0.2, -0.15) is 0 Å². The van der Waals surface area contributed by atoms with Gasteiger partial charge in [-0.15, -0.1) is 0 Å². The first-order valence-corrected chi connectivity index (χ1v) is 20.6. The van der Waals surface area contributed by atoms with E-state index in [1.807, 2.05) is 36.7 Å². The van der Waals surface area contributed by atoms with E-state index >= 15 is 0 Å². The molecule has 0 unspecified atom stereocenters. The van der Waals surface area contributed by atoms with Crippen LogP contribution in [0.25, 0.3) is 84.0 Å². The molecule has 0 saturated heterocycles. The average Bonchev–Trinajstić information content (AvgIpc) is 3.65. The Morgan fingerprint density at radius 2 is 1.02 bits per heavy atom. The Morgan fingerprint density at radius 3 is 1.63 bits per heavy atom. The summed E-state index contributed by atoms with van der Waals surface area (Å²) in [5.41, 5.74) is 14.7. The van der Waals surface area contributed by atoms with Gasteiger partial charge in [0.05, 0.1) is 16.9 Å². The van der Waals surface area contributed by atoms with Crippen LogP contribution in [0.5, 0.6) is 5.75 Å². The summed E-state index contributed by atoms with van der Waals surface area (Å²) in [7, 11) is 0. The minimum atomic E-state index is -0.343. The molecule has 0 radical (unpaired) electrons. The monoisotopic (exact) mass is 780 g/mol. The maximum atomic E-state index is 12.5.